The third kappa shape index (κ3) is 3.91. The number of amides is 1. The van der Waals surface area contributed by atoms with Crippen LogP contribution in [0.15, 0.2) is 71.1 Å². The Morgan fingerprint density at radius 2 is 1.73 bits per heavy atom. The lowest BCUT2D eigenvalue weighted by Gasteiger charge is -2.05. The Hall–Kier alpha value is -4.00. The molecule has 7 heteroatoms. The zero-order valence-corrected chi connectivity index (χ0v) is 16.5. The summed E-state index contributed by atoms with van der Waals surface area (Å²) in [6, 6.07) is 18.6. The number of non-ortho nitro benzene ring substituents is 1. The van der Waals surface area contributed by atoms with Crippen molar-refractivity contribution in [2.75, 3.05) is 5.32 Å². The Morgan fingerprint density at radius 1 is 1.03 bits per heavy atom. The number of nitrogens with zero attached hydrogens (tertiary/aromatic N) is 2. The predicted molar refractivity (Wildman–Crippen MR) is 115 cm³/mol. The standard InChI is InChI=1S/C23H19N3O4/c1-14(2)17-7-12-21-20(13-17)25-23(30-21)16-3-8-18(9-4-16)24-22(27)15-5-10-19(11-6-15)26(28)29/h3-14H,1-2H3,(H,24,27). The summed E-state index contributed by atoms with van der Waals surface area (Å²) in [6.45, 7) is 4.26. The first-order valence-electron chi connectivity index (χ1n) is 9.47. The second-order valence-corrected chi connectivity index (χ2v) is 7.24. The quantitative estimate of drug-likeness (QED) is 0.338. The summed E-state index contributed by atoms with van der Waals surface area (Å²) < 4.78 is 5.86. The molecule has 0 saturated carbocycles. The van der Waals surface area contributed by atoms with Crippen molar-refractivity contribution in [3.05, 3.63) is 88.0 Å². The molecule has 0 atom stereocenters. The number of nitrogens with one attached hydrogen (secondary N) is 1. The maximum absolute atomic E-state index is 12.3. The SMILES string of the molecule is CC(C)c1ccc2oc(-c3ccc(NC(=O)c4ccc([N+](=O)[O-])cc4)cc3)nc2c1. The van der Waals surface area contributed by atoms with Crippen LogP contribution in [0.25, 0.3) is 22.6 Å². The number of aromatic nitrogens is 1. The van der Waals surface area contributed by atoms with Gasteiger partial charge in [-0.15, -0.1) is 0 Å². The minimum Gasteiger partial charge on any atom is -0.436 e. The fraction of sp³-hybridized carbons (Fsp3) is 0.130. The summed E-state index contributed by atoms with van der Waals surface area (Å²) in [6.07, 6.45) is 0. The molecule has 4 aromatic rings. The summed E-state index contributed by atoms with van der Waals surface area (Å²) in [5, 5.41) is 13.5. The highest BCUT2D eigenvalue weighted by atomic mass is 16.6. The molecule has 0 unspecified atom stereocenters. The minimum absolute atomic E-state index is 0.0604. The van der Waals surface area contributed by atoms with E-state index in [1.165, 1.54) is 29.8 Å². The first-order chi connectivity index (χ1) is 14.4. The molecule has 0 radical (unpaired) electrons. The van der Waals surface area contributed by atoms with Crippen molar-refractivity contribution in [2.45, 2.75) is 19.8 Å². The first kappa shape index (κ1) is 19.3. The van der Waals surface area contributed by atoms with E-state index in [0.717, 1.165) is 16.7 Å². The zero-order valence-electron chi connectivity index (χ0n) is 16.5. The fourth-order valence-electron chi connectivity index (χ4n) is 3.06. The van der Waals surface area contributed by atoms with E-state index >= 15 is 0 Å². The van der Waals surface area contributed by atoms with Gasteiger partial charge in [0.05, 0.1) is 4.92 Å². The van der Waals surface area contributed by atoms with Crippen LogP contribution in [-0.2, 0) is 0 Å². The number of oxazole rings is 1. The van der Waals surface area contributed by atoms with Crippen LogP contribution in [0.2, 0.25) is 0 Å². The summed E-state index contributed by atoms with van der Waals surface area (Å²) in [5.74, 6) is 0.577. The van der Waals surface area contributed by atoms with E-state index in [1.807, 2.05) is 30.3 Å². The minimum atomic E-state index is -0.504. The topological polar surface area (TPSA) is 98.3 Å². The van der Waals surface area contributed by atoms with Gasteiger partial charge in [-0.1, -0.05) is 19.9 Å². The molecule has 0 bridgehead atoms. The number of hydrogen-bond acceptors (Lipinski definition) is 5. The van der Waals surface area contributed by atoms with E-state index in [1.54, 1.807) is 12.1 Å². The van der Waals surface area contributed by atoms with E-state index in [-0.39, 0.29) is 11.6 Å². The molecule has 3 aromatic carbocycles. The van der Waals surface area contributed by atoms with Gasteiger partial charge in [0, 0.05) is 28.9 Å². The van der Waals surface area contributed by atoms with Gasteiger partial charge in [-0.3, -0.25) is 14.9 Å². The molecule has 1 aromatic heterocycles. The van der Waals surface area contributed by atoms with Gasteiger partial charge in [-0.05, 0) is 60.0 Å². The lowest BCUT2D eigenvalue weighted by molar-refractivity contribution is -0.384. The number of rotatable bonds is 5. The van der Waals surface area contributed by atoms with Crippen LogP contribution >= 0.6 is 0 Å². The Morgan fingerprint density at radius 3 is 2.37 bits per heavy atom. The Balaban J connectivity index is 1.50. The third-order valence-corrected chi connectivity index (χ3v) is 4.81. The average Bonchev–Trinajstić information content (AvgIpc) is 3.17. The van der Waals surface area contributed by atoms with Crippen LogP contribution in [0.3, 0.4) is 0 Å². The van der Waals surface area contributed by atoms with Crippen molar-refractivity contribution in [1.82, 2.24) is 4.98 Å². The van der Waals surface area contributed by atoms with Gasteiger partial charge in [0.25, 0.3) is 11.6 Å². The predicted octanol–water partition coefficient (Wildman–Crippen LogP) is 5.78. The van der Waals surface area contributed by atoms with Crippen molar-refractivity contribution >= 4 is 28.4 Å². The van der Waals surface area contributed by atoms with Gasteiger partial charge >= 0.3 is 0 Å². The van der Waals surface area contributed by atoms with Crippen molar-refractivity contribution in [3.8, 4) is 11.5 Å². The molecule has 30 heavy (non-hydrogen) atoms. The second kappa shape index (κ2) is 7.79. The highest BCUT2D eigenvalue weighted by Gasteiger charge is 2.12. The Bertz CT molecular complexity index is 1230. The van der Waals surface area contributed by atoms with Crippen LogP contribution < -0.4 is 5.32 Å². The van der Waals surface area contributed by atoms with Gasteiger partial charge in [-0.25, -0.2) is 4.98 Å². The number of fused-ring (bicyclic) bond motifs is 1. The fourth-order valence-corrected chi connectivity index (χ4v) is 3.06. The van der Waals surface area contributed by atoms with Crippen molar-refractivity contribution in [1.29, 1.82) is 0 Å². The van der Waals surface area contributed by atoms with Gasteiger partial charge < -0.3 is 9.73 Å². The molecule has 0 aliphatic rings. The number of carbonyl (C=O) groups is 1. The Kier molecular flexibility index (Phi) is 5.02. The largest absolute Gasteiger partial charge is 0.436 e. The molecular formula is C23H19N3O4. The molecule has 0 spiro atoms. The van der Waals surface area contributed by atoms with E-state index < -0.39 is 4.92 Å². The van der Waals surface area contributed by atoms with Crippen LogP contribution in [0, 0.1) is 10.1 Å². The summed E-state index contributed by atoms with van der Waals surface area (Å²) in [5.41, 5.74) is 4.41. The molecule has 1 heterocycles. The molecule has 150 valence electrons. The normalized spacial score (nSPS) is 11.0. The lowest BCUT2D eigenvalue weighted by atomic mass is 10.0. The highest BCUT2D eigenvalue weighted by Crippen LogP contribution is 2.27. The van der Waals surface area contributed by atoms with Crippen LogP contribution in [0.1, 0.15) is 35.7 Å². The van der Waals surface area contributed by atoms with Crippen molar-refractivity contribution < 1.29 is 14.1 Å². The maximum atomic E-state index is 12.3. The average molecular weight is 401 g/mol. The molecule has 0 fully saturated rings. The van der Waals surface area contributed by atoms with Crippen LogP contribution in [0.4, 0.5) is 11.4 Å². The van der Waals surface area contributed by atoms with Crippen LogP contribution in [0.5, 0.6) is 0 Å². The molecule has 7 nitrogen and oxygen atoms in total. The van der Waals surface area contributed by atoms with Crippen molar-refractivity contribution in [3.63, 3.8) is 0 Å². The number of anilines is 1. The summed E-state index contributed by atoms with van der Waals surface area (Å²) in [7, 11) is 0. The number of nitro benzene ring substituents is 1. The molecule has 1 N–H and O–H groups in total. The number of hydrogen-bond donors (Lipinski definition) is 1. The zero-order chi connectivity index (χ0) is 21.3. The van der Waals surface area contributed by atoms with Crippen molar-refractivity contribution in [2.24, 2.45) is 0 Å². The first-order valence-corrected chi connectivity index (χ1v) is 9.47. The Labute approximate surface area is 172 Å². The van der Waals surface area contributed by atoms with E-state index in [9.17, 15) is 14.9 Å². The highest BCUT2D eigenvalue weighted by molar-refractivity contribution is 6.04. The molecule has 1 amide bonds. The summed E-state index contributed by atoms with van der Waals surface area (Å²) >= 11 is 0. The number of nitro groups is 1. The van der Waals surface area contributed by atoms with E-state index in [0.29, 0.717) is 23.1 Å². The van der Waals surface area contributed by atoms with Crippen LogP contribution in [-0.4, -0.2) is 15.8 Å². The monoisotopic (exact) mass is 401 g/mol. The number of benzene rings is 3. The summed E-state index contributed by atoms with van der Waals surface area (Å²) in [4.78, 5) is 27.1. The van der Waals surface area contributed by atoms with E-state index in [4.69, 9.17) is 4.42 Å². The maximum Gasteiger partial charge on any atom is 0.269 e. The lowest BCUT2D eigenvalue weighted by Crippen LogP contribution is -2.11. The second-order valence-electron chi connectivity index (χ2n) is 7.24. The number of carbonyl (C=O) groups excluding carboxylic acids is 1. The molecule has 0 aliphatic heterocycles. The molecule has 0 aliphatic carbocycles. The van der Waals surface area contributed by atoms with Gasteiger partial charge in [0.1, 0.15) is 5.52 Å². The molecular weight excluding hydrogens is 382 g/mol. The third-order valence-electron chi connectivity index (χ3n) is 4.81. The van der Waals surface area contributed by atoms with Gasteiger partial charge in [-0.2, -0.15) is 0 Å². The smallest absolute Gasteiger partial charge is 0.269 e. The van der Waals surface area contributed by atoms with Gasteiger partial charge in [0.2, 0.25) is 5.89 Å². The van der Waals surface area contributed by atoms with Gasteiger partial charge in [0.15, 0.2) is 5.58 Å². The molecule has 4 rings (SSSR count). The van der Waals surface area contributed by atoms with E-state index in [2.05, 4.69) is 24.1 Å². The molecule has 0 saturated heterocycles.